The number of carbonyl (C=O) groups is 1. The number of hydrogen-bond donors (Lipinski definition) is 4. The van der Waals surface area contributed by atoms with Gasteiger partial charge < -0.3 is 15.4 Å². The number of benzene rings is 1. The molecule has 0 saturated carbocycles. The van der Waals surface area contributed by atoms with E-state index < -0.39 is 23.2 Å². The Bertz CT molecular complexity index is 987. The van der Waals surface area contributed by atoms with Gasteiger partial charge in [-0.15, -0.1) is 0 Å². The van der Waals surface area contributed by atoms with Crippen molar-refractivity contribution in [1.82, 2.24) is 14.5 Å². The molecule has 9 nitrogen and oxygen atoms in total. The number of amides is 2. The Morgan fingerprint density at radius 2 is 1.60 bits per heavy atom. The van der Waals surface area contributed by atoms with E-state index in [9.17, 15) is 23.3 Å². The first-order valence-corrected chi connectivity index (χ1v) is 11.2. The number of anilines is 1. The maximum absolute atomic E-state index is 12.6. The summed E-state index contributed by atoms with van der Waals surface area (Å²) in [6.45, 7) is 11.3. The number of hydrogen-bond acceptors (Lipinski definition) is 6. The van der Waals surface area contributed by atoms with Crippen molar-refractivity contribution in [3.05, 3.63) is 35.7 Å². The van der Waals surface area contributed by atoms with Gasteiger partial charge in [-0.05, 0) is 42.3 Å². The van der Waals surface area contributed by atoms with Crippen LogP contribution in [0.1, 0.15) is 70.5 Å². The number of rotatable bonds is 7. The minimum absolute atomic E-state index is 0.0228. The van der Waals surface area contributed by atoms with Crippen molar-refractivity contribution in [2.75, 3.05) is 5.32 Å². The average Bonchev–Trinajstić information content (AvgIpc) is 3.12. The molecule has 0 aliphatic rings. The molecule has 1 heterocycles. The predicted molar refractivity (Wildman–Crippen MR) is 116 cm³/mol. The smallest absolute Gasteiger partial charge is 0.423 e. The van der Waals surface area contributed by atoms with Crippen LogP contribution in [0.25, 0.3) is 0 Å². The standard InChI is InChI=1S/C19H29BN4O5S/c1-11(2)16-7-14(20(26)27)8-17(12(3)4)18(16)22-19(25)23-30(28,29)15-9-21-24(10-15)13(5)6/h7-13,26-27H,1-6H3,(H2,22,23,25). The molecule has 0 bridgehead atoms. The van der Waals surface area contributed by atoms with Crippen LogP contribution in [0, 0.1) is 0 Å². The molecule has 0 fully saturated rings. The van der Waals surface area contributed by atoms with Crippen LogP contribution in [-0.4, -0.2) is 41.4 Å². The Morgan fingerprint density at radius 1 is 1.07 bits per heavy atom. The van der Waals surface area contributed by atoms with Crippen molar-refractivity contribution in [2.24, 2.45) is 0 Å². The Labute approximate surface area is 177 Å². The summed E-state index contributed by atoms with van der Waals surface area (Å²) in [5, 5.41) is 25.8. The number of carbonyl (C=O) groups excluding carboxylic acids is 1. The highest BCUT2D eigenvalue weighted by molar-refractivity contribution is 7.90. The second-order valence-corrected chi connectivity index (χ2v) is 9.75. The van der Waals surface area contributed by atoms with E-state index in [4.69, 9.17) is 0 Å². The third-order valence-corrected chi connectivity index (χ3v) is 5.93. The van der Waals surface area contributed by atoms with Crippen molar-refractivity contribution < 1.29 is 23.3 Å². The maximum atomic E-state index is 12.6. The summed E-state index contributed by atoms with van der Waals surface area (Å²) in [4.78, 5) is 12.5. The van der Waals surface area contributed by atoms with Gasteiger partial charge in [-0.1, -0.05) is 39.8 Å². The third-order valence-electron chi connectivity index (χ3n) is 4.65. The van der Waals surface area contributed by atoms with Crippen LogP contribution in [-0.2, 0) is 10.0 Å². The molecule has 2 rings (SSSR count). The fourth-order valence-electron chi connectivity index (χ4n) is 2.98. The van der Waals surface area contributed by atoms with Crippen LogP contribution in [0.2, 0.25) is 0 Å². The number of aromatic nitrogens is 2. The molecule has 0 saturated heterocycles. The van der Waals surface area contributed by atoms with E-state index in [1.807, 2.05) is 46.3 Å². The van der Waals surface area contributed by atoms with Crippen molar-refractivity contribution >= 4 is 34.3 Å². The monoisotopic (exact) mass is 436 g/mol. The van der Waals surface area contributed by atoms with Crippen LogP contribution in [0.4, 0.5) is 10.5 Å². The van der Waals surface area contributed by atoms with Gasteiger partial charge in [0.05, 0.1) is 6.20 Å². The van der Waals surface area contributed by atoms with Gasteiger partial charge in [-0.3, -0.25) is 4.68 Å². The Hall–Kier alpha value is -2.37. The minimum atomic E-state index is -4.11. The highest BCUT2D eigenvalue weighted by Gasteiger charge is 2.24. The maximum Gasteiger partial charge on any atom is 0.488 e. The van der Waals surface area contributed by atoms with Crippen molar-refractivity contribution in [3.8, 4) is 0 Å². The molecule has 0 aliphatic carbocycles. The summed E-state index contributed by atoms with van der Waals surface area (Å²) in [6, 6.07) is 2.26. The molecule has 30 heavy (non-hydrogen) atoms. The molecule has 2 amide bonds. The summed E-state index contributed by atoms with van der Waals surface area (Å²) >= 11 is 0. The van der Waals surface area contributed by atoms with E-state index in [2.05, 4.69) is 10.4 Å². The van der Waals surface area contributed by atoms with Crippen LogP contribution in [0.15, 0.2) is 29.4 Å². The van der Waals surface area contributed by atoms with Gasteiger partial charge in [-0.2, -0.15) is 5.10 Å². The lowest BCUT2D eigenvalue weighted by Gasteiger charge is -2.22. The topological polar surface area (TPSA) is 134 Å². The first-order valence-electron chi connectivity index (χ1n) is 9.75. The molecule has 1 aromatic heterocycles. The molecule has 0 spiro atoms. The van der Waals surface area contributed by atoms with Gasteiger partial charge in [0.2, 0.25) is 0 Å². The van der Waals surface area contributed by atoms with Gasteiger partial charge in [0.15, 0.2) is 0 Å². The molecule has 4 N–H and O–H groups in total. The van der Waals surface area contributed by atoms with E-state index in [0.717, 1.165) is 0 Å². The van der Waals surface area contributed by atoms with E-state index in [1.165, 1.54) is 17.1 Å². The van der Waals surface area contributed by atoms with Gasteiger partial charge in [0, 0.05) is 17.9 Å². The van der Waals surface area contributed by atoms with E-state index in [-0.39, 0.29) is 22.8 Å². The molecule has 2 aromatic rings. The molecular weight excluding hydrogens is 407 g/mol. The van der Waals surface area contributed by atoms with Gasteiger partial charge in [0.1, 0.15) is 4.90 Å². The number of sulfonamides is 1. The zero-order valence-electron chi connectivity index (χ0n) is 18.0. The second-order valence-electron chi connectivity index (χ2n) is 8.07. The molecule has 0 unspecified atom stereocenters. The van der Waals surface area contributed by atoms with Crippen LogP contribution >= 0.6 is 0 Å². The Kier molecular flexibility index (Phi) is 7.33. The summed E-state index contributed by atoms with van der Waals surface area (Å²) in [6.07, 6.45) is 2.54. The molecular formula is C19H29BN4O5S. The summed E-state index contributed by atoms with van der Waals surface area (Å²) in [5.41, 5.74) is 2.10. The van der Waals surface area contributed by atoms with Crippen molar-refractivity contribution in [2.45, 2.75) is 64.3 Å². The van der Waals surface area contributed by atoms with E-state index >= 15 is 0 Å². The fourth-order valence-corrected chi connectivity index (χ4v) is 3.82. The quantitative estimate of drug-likeness (QED) is 0.490. The van der Waals surface area contributed by atoms with Gasteiger partial charge in [-0.25, -0.2) is 17.9 Å². The lowest BCUT2D eigenvalue weighted by Crippen LogP contribution is -2.36. The largest absolute Gasteiger partial charge is 0.488 e. The third kappa shape index (κ3) is 5.41. The summed E-state index contributed by atoms with van der Waals surface area (Å²) < 4.78 is 28.6. The lowest BCUT2D eigenvalue weighted by atomic mass is 9.76. The first-order chi connectivity index (χ1) is 13.8. The van der Waals surface area contributed by atoms with E-state index in [1.54, 1.807) is 12.1 Å². The molecule has 1 aromatic carbocycles. The summed E-state index contributed by atoms with van der Waals surface area (Å²) in [7, 11) is -5.76. The Morgan fingerprint density at radius 3 is 2.00 bits per heavy atom. The highest BCUT2D eigenvalue weighted by Crippen LogP contribution is 2.32. The molecule has 0 radical (unpaired) electrons. The fraction of sp³-hybridized carbons (Fsp3) is 0.474. The molecule has 0 atom stereocenters. The highest BCUT2D eigenvalue weighted by atomic mass is 32.2. The van der Waals surface area contributed by atoms with Crippen LogP contribution in [0.3, 0.4) is 0 Å². The first kappa shape index (κ1) is 23.9. The van der Waals surface area contributed by atoms with Crippen molar-refractivity contribution in [3.63, 3.8) is 0 Å². The zero-order chi connectivity index (χ0) is 22.8. The minimum Gasteiger partial charge on any atom is -0.423 e. The van der Waals surface area contributed by atoms with Crippen LogP contribution in [0.5, 0.6) is 0 Å². The second kappa shape index (κ2) is 9.19. The normalized spacial score (nSPS) is 12.0. The Balaban J connectivity index is 2.37. The number of nitrogens with one attached hydrogen (secondary N) is 2. The zero-order valence-corrected chi connectivity index (χ0v) is 18.9. The molecule has 164 valence electrons. The predicted octanol–water partition coefficient (Wildman–Crippen LogP) is 1.90. The molecule has 11 heteroatoms. The SMILES string of the molecule is CC(C)c1cc(B(O)O)cc(C(C)C)c1NC(=O)NS(=O)(=O)c1cnn(C(C)C)c1. The van der Waals surface area contributed by atoms with Gasteiger partial charge in [0.25, 0.3) is 10.0 Å². The van der Waals surface area contributed by atoms with Crippen molar-refractivity contribution in [1.29, 1.82) is 0 Å². The molecule has 0 aliphatic heterocycles. The van der Waals surface area contributed by atoms with Crippen LogP contribution < -0.4 is 15.5 Å². The average molecular weight is 436 g/mol. The number of nitrogens with zero attached hydrogens (tertiary/aromatic N) is 2. The van der Waals surface area contributed by atoms with E-state index in [0.29, 0.717) is 22.3 Å². The van der Waals surface area contributed by atoms with Gasteiger partial charge >= 0.3 is 13.1 Å². The lowest BCUT2D eigenvalue weighted by molar-refractivity contribution is 0.256. The number of urea groups is 1. The summed E-state index contributed by atoms with van der Waals surface area (Å²) in [5.74, 6) is -0.116.